The van der Waals surface area contributed by atoms with E-state index in [2.05, 4.69) is 93.3 Å². The summed E-state index contributed by atoms with van der Waals surface area (Å²) in [7, 11) is 8.09. The second kappa shape index (κ2) is 25.0. The van der Waals surface area contributed by atoms with Gasteiger partial charge >= 0.3 is 0 Å². The molecule has 10 rings (SSSR count). The average Bonchev–Trinajstić information content (AvgIpc) is 4.07. The molecule has 2 amide bonds. The first-order valence-corrected chi connectivity index (χ1v) is 25.4. The van der Waals surface area contributed by atoms with Crippen LogP contribution in [-0.4, -0.2) is 177 Å². The Morgan fingerprint density at radius 2 is 1.07 bits per heavy atom. The van der Waals surface area contributed by atoms with E-state index in [1.165, 1.54) is 0 Å². The molecule has 0 bridgehead atoms. The van der Waals surface area contributed by atoms with Crippen molar-refractivity contribution in [1.29, 1.82) is 0 Å². The first-order chi connectivity index (χ1) is 36.5. The zero-order valence-corrected chi connectivity index (χ0v) is 43.0. The number of likely N-dealkylation sites (tertiary alicyclic amines) is 1. The van der Waals surface area contributed by atoms with Crippen molar-refractivity contribution in [2.24, 2.45) is 0 Å². The fourth-order valence-corrected chi connectivity index (χ4v) is 8.89. The number of ether oxygens (including phenoxy) is 1. The number of amides is 2. The van der Waals surface area contributed by atoms with E-state index < -0.39 is 0 Å². The van der Waals surface area contributed by atoms with E-state index in [0.717, 1.165) is 158 Å². The largest absolute Gasteiger partial charge is 0.393 e. The number of fused-ring (bicyclic) bond motifs is 2. The van der Waals surface area contributed by atoms with Crippen LogP contribution in [0.1, 0.15) is 44.9 Å². The molecule has 2 aliphatic rings. The predicted octanol–water partition coefficient (Wildman–Crippen LogP) is 6.28. The first-order valence-electron chi connectivity index (χ1n) is 25.4. The Hall–Kier alpha value is -7.72. The summed E-state index contributed by atoms with van der Waals surface area (Å²) in [5.74, 6) is 0.924. The lowest BCUT2D eigenvalue weighted by Crippen LogP contribution is -2.35. The molecule has 0 radical (unpaired) electrons. The van der Waals surface area contributed by atoms with Gasteiger partial charge < -0.3 is 40.9 Å². The third-order valence-electron chi connectivity index (χ3n) is 13.1. The number of H-pyrrole nitrogens is 2. The van der Waals surface area contributed by atoms with Crippen molar-refractivity contribution in [3.8, 4) is 22.3 Å². The Morgan fingerprint density at radius 3 is 1.51 bits per heavy atom. The number of nitrogens with one attached hydrogen (secondary N) is 6. The van der Waals surface area contributed by atoms with Crippen LogP contribution in [0.3, 0.4) is 0 Å². The minimum Gasteiger partial charge on any atom is -0.393 e. The number of morpholine rings is 1. The molecule has 0 unspecified atom stereocenters. The van der Waals surface area contributed by atoms with Crippen molar-refractivity contribution >= 4 is 56.6 Å². The molecule has 2 saturated heterocycles. The zero-order valence-electron chi connectivity index (χ0n) is 43.0. The van der Waals surface area contributed by atoms with Gasteiger partial charge in [0.15, 0.2) is 11.4 Å². The summed E-state index contributed by atoms with van der Waals surface area (Å²) in [6.45, 7) is 10.2. The van der Waals surface area contributed by atoms with E-state index in [9.17, 15) is 14.7 Å². The summed E-state index contributed by atoms with van der Waals surface area (Å²) in [5.41, 5.74) is 9.65. The Kier molecular flexibility index (Phi) is 17.4. The maximum Gasteiger partial charge on any atom is 0.276 e. The summed E-state index contributed by atoms with van der Waals surface area (Å²) in [6, 6.07) is 23.5. The van der Waals surface area contributed by atoms with E-state index in [-0.39, 0.29) is 17.9 Å². The number of aromatic nitrogens is 8. The maximum absolute atomic E-state index is 13.1. The van der Waals surface area contributed by atoms with E-state index >= 15 is 0 Å². The molecule has 8 aromatic rings. The summed E-state index contributed by atoms with van der Waals surface area (Å²) in [5, 5.41) is 38.1. The van der Waals surface area contributed by atoms with E-state index in [1.54, 1.807) is 12.4 Å². The van der Waals surface area contributed by atoms with Gasteiger partial charge in [0.2, 0.25) is 0 Å². The number of aliphatic hydroxyl groups excluding tert-OH is 1. The quantitative estimate of drug-likeness (QED) is 0.0501. The molecule has 0 aliphatic carbocycles. The third kappa shape index (κ3) is 14.3. The number of aliphatic hydroxyl groups is 1. The second-order valence-electron chi connectivity index (χ2n) is 19.5. The van der Waals surface area contributed by atoms with Crippen molar-refractivity contribution < 1.29 is 19.4 Å². The lowest BCUT2D eigenvalue weighted by Gasteiger charge is -2.29. The fraction of sp³-hybridized carbons (Fsp3) is 0.345. The molecule has 2 fully saturated rings. The van der Waals surface area contributed by atoms with E-state index in [4.69, 9.17) is 4.74 Å². The number of rotatable bonds is 18. The van der Waals surface area contributed by atoms with Crippen molar-refractivity contribution in [3.05, 3.63) is 132 Å². The molecule has 2 aromatic carbocycles. The van der Waals surface area contributed by atoms with Crippen LogP contribution in [0.25, 0.3) is 44.1 Å². The average molecular weight is 1020 g/mol. The van der Waals surface area contributed by atoms with Gasteiger partial charge in [-0.1, -0.05) is 12.1 Å². The highest BCUT2D eigenvalue weighted by Gasteiger charge is 2.20. The van der Waals surface area contributed by atoms with Crippen LogP contribution in [0.2, 0.25) is 0 Å². The van der Waals surface area contributed by atoms with Crippen molar-refractivity contribution in [2.75, 3.05) is 115 Å². The molecule has 2 aliphatic heterocycles. The van der Waals surface area contributed by atoms with Crippen LogP contribution < -0.4 is 21.3 Å². The second-order valence-corrected chi connectivity index (χ2v) is 19.5. The molecular weight excluding hydrogens is 949 g/mol. The smallest absolute Gasteiger partial charge is 0.276 e. The van der Waals surface area contributed by atoms with Crippen molar-refractivity contribution in [2.45, 2.75) is 32.0 Å². The molecule has 6 aromatic heterocycles. The number of benzene rings is 2. The van der Waals surface area contributed by atoms with Crippen LogP contribution in [0.4, 0.5) is 23.0 Å². The van der Waals surface area contributed by atoms with Crippen LogP contribution in [0.5, 0.6) is 0 Å². The van der Waals surface area contributed by atoms with Gasteiger partial charge in [0.1, 0.15) is 11.6 Å². The minimum atomic E-state index is -0.303. The lowest BCUT2D eigenvalue weighted by atomic mass is 10.0. The number of piperidine rings is 1. The lowest BCUT2D eigenvalue weighted by molar-refractivity contribution is 0.0341. The summed E-state index contributed by atoms with van der Waals surface area (Å²) >= 11 is 0. The molecule has 8 heterocycles. The number of hydrogen-bond donors (Lipinski definition) is 7. The molecule has 75 heavy (non-hydrogen) atoms. The van der Waals surface area contributed by atoms with Gasteiger partial charge in [0.25, 0.3) is 11.8 Å². The van der Waals surface area contributed by atoms with Gasteiger partial charge in [-0.2, -0.15) is 10.2 Å². The van der Waals surface area contributed by atoms with Gasteiger partial charge in [-0.15, -0.1) is 0 Å². The number of aromatic amines is 2. The predicted molar refractivity (Wildman–Crippen MR) is 294 cm³/mol. The van der Waals surface area contributed by atoms with E-state index in [0.29, 0.717) is 22.8 Å². The number of hydrogen-bond acceptors (Lipinski definition) is 16. The number of nitrogens with zero attached hydrogens (tertiary/aromatic N) is 10. The van der Waals surface area contributed by atoms with Gasteiger partial charge in [0, 0.05) is 112 Å². The van der Waals surface area contributed by atoms with Crippen molar-refractivity contribution in [3.63, 3.8) is 0 Å². The van der Waals surface area contributed by atoms with Gasteiger partial charge in [-0.05, 0) is 124 Å². The zero-order chi connectivity index (χ0) is 52.1. The number of carbonyl (C=O) groups is 2. The molecule has 20 heteroatoms. The molecule has 0 spiro atoms. The molecule has 0 saturated carbocycles. The van der Waals surface area contributed by atoms with Crippen LogP contribution in [0, 0.1) is 0 Å². The molecular formula is C55H66N16O4. The summed E-state index contributed by atoms with van der Waals surface area (Å²) in [6.07, 6.45) is 12.2. The topological polar surface area (TPSA) is 234 Å². The van der Waals surface area contributed by atoms with Crippen LogP contribution in [0.15, 0.2) is 110 Å². The van der Waals surface area contributed by atoms with Gasteiger partial charge in [-0.3, -0.25) is 39.6 Å². The molecule has 20 nitrogen and oxygen atoms in total. The Balaban J connectivity index is 0.000000184. The van der Waals surface area contributed by atoms with E-state index in [1.807, 2.05) is 114 Å². The summed E-state index contributed by atoms with van der Waals surface area (Å²) in [4.78, 5) is 52.8. The Morgan fingerprint density at radius 1 is 0.600 bits per heavy atom. The van der Waals surface area contributed by atoms with Crippen LogP contribution >= 0.6 is 0 Å². The number of carbonyl (C=O) groups excluding carboxylic acids is 2. The van der Waals surface area contributed by atoms with Crippen molar-refractivity contribution in [1.82, 2.24) is 59.9 Å². The Labute approximate surface area is 436 Å². The number of likely N-dealkylation sites (N-methyl/N-ethyl adjacent to an activating group) is 2. The molecule has 7 N–H and O–H groups in total. The fourth-order valence-electron chi connectivity index (χ4n) is 8.89. The highest BCUT2D eigenvalue weighted by atomic mass is 16.5. The number of pyridine rings is 4. The number of anilines is 4. The molecule has 390 valence electrons. The highest BCUT2D eigenvalue weighted by molar-refractivity contribution is 6.12. The monoisotopic (exact) mass is 1010 g/mol. The van der Waals surface area contributed by atoms with Crippen LogP contribution in [-0.2, 0) is 17.8 Å². The Bertz CT molecular complexity index is 3150. The standard InChI is InChI=1S/C28H34N8O2.C27H32N8O2/c1-35(2)12-9-30-26-6-4-22(17-31-26)32-28(38)27-24-14-20(3-5-25(24)33-34-27)21-13-19(15-29-16-21)18-36-10-7-23(37)8-11-36;1-34(2)8-7-29-25-6-4-22(17-30-25)31-27(36)26-23-14-20(3-5-24(23)32-33-26)21-13-19(15-28-16-21)18-35-9-11-37-12-10-35/h3-6,13-17,23,37H,7-12,18H2,1-2H3,(H,30,31)(H,32,38)(H,33,34);3-6,13-17H,7-12,18H2,1-2H3,(H,29,30)(H,31,36)(H,32,33). The minimum absolute atomic E-state index is 0.186. The third-order valence-corrected chi connectivity index (χ3v) is 13.1. The van der Waals surface area contributed by atoms with Gasteiger partial charge in [-0.25, -0.2) is 9.97 Å². The highest BCUT2D eigenvalue weighted by Crippen LogP contribution is 2.29. The first kappa shape index (κ1) is 52.2. The maximum atomic E-state index is 13.1. The summed E-state index contributed by atoms with van der Waals surface area (Å²) < 4.78 is 5.45. The normalized spacial score (nSPS) is 14.5. The molecule has 0 atom stereocenters. The SMILES string of the molecule is CN(C)CCNc1ccc(NC(=O)c2n[nH]c3ccc(-c4cncc(CN5CCC(O)CC5)c4)cc23)cn1.CN(C)CCNc1ccc(NC(=O)c2n[nH]c3ccc(-c4cncc(CN5CCOCC5)c4)cc23)cn1. The van der Waals surface area contributed by atoms with Gasteiger partial charge in [0.05, 0.1) is 54.1 Å².